The minimum Gasteiger partial charge on any atom is -0.466 e. The average molecular weight is 1040 g/mol. The molecule has 6 heteroatoms. The molecule has 0 radical (unpaired) electrons. The lowest BCUT2D eigenvalue weighted by molar-refractivity contribution is -0.143. The molecule has 438 valence electrons. The summed E-state index contributed by atoms with van der Waals surface area (Å²) in [6.45, 7) is 4.97. The third-order valence-corrected chi connectivity index (χ3v) is 15.7. The van der Waals surface area contributed by atoms with Gasteiger partial charge in [0.2, 0.25) is 5.91 Å². The molecule has 6 nitrogen and oxygen atoms in total. The number of ether oxygens (including phenoxy) is 1. The van der Waals surface area contributed by atoms with E-state index in [1.165, 1.54) is 295 Å². The van der Waals surface area contributed by atoms with E-state index in [-0.39, 0.29) is 18.5 Å². The lowest BCUT2D eigenvalue weighted by Crippen LogP contribution is -2.45. The third kappa shape index (κ3) is 59.6. The SMILES string of the molecule is CCCCCCCCC/C=C\CCCCCCCC(=O)OCCCCCCCCCC/C=C\CCCCCCCCCC(=O)NC(CO)C(O)CCCCCCCCCCCCCCCCCCCCCCCC. The van der Waals surface area contributed by atoms with Crippen LogP contribution < -0.4 is 5.32 Å². The number of carbonyl (C=O) groups is 2. The largest absolute Gasteiger partial charge is 0.466 e. The first-order valence-electron chi connectivity index (χ1n) is 33.6. The van der Waals surface area contributed by atoms with Gasteiger partial charge in [-0.1, -0.05) is 308 Å². The molecule has 0 heterocycles. The first-order valence-corrected chi connectivity index (χ1v) is 33.6. The quantitative estimate of drug-likeness (QED) is 0.0320. The van der Waals surface area contributed by atoms with Gasteiger partial charge in [0.1, 0.15) is 0 Å². The molecule has 74 heavy (non-hydrogen) atoms. The maximum atomic E-state index is 12.5. The number of allylic oxidation sites excluding steroid dienone is 4. The predicted octanol–water partition coefficient (Wildman–Crippen LogP) is 21.4. The Kier molecular flexibility index (Phi) is 62.4. The van der Waals surface area contributed by atoms with Crippen molar-refractivity contribution in [3.63, 3.8) is 0 Å². The molecule has 0 aromatic rings. The van der Waals surface area contributed by atoms with Gasteiger partial charge in [0, 0.05) is 12.8 Å². The number of nitrogens with one attached hydrogen (secondary N) is 1. The fraction of sp³-hybridized carbons (Fsp3) is 0.912. The summed E-state index contributed by atoms with van der Waals surface area (Å²) in [4.78, 5) is 24.6. The maximum absolute atomic E-state index is 12.5. The fourth-order valence-corrected chi connectivity index (χ4v) is 10.6. The molecule has 3 N–H and O–H groups in total. The zero-order valence-corrected chi connectivity index (χ0v) is 50.1. The summed E-state index contributed by atoms with van der Waals surface area (Å²) >= 11 is 0. The molecule has 0 saturated carbocycles. The first kappa shape index (κ1) is 72.3. The topological polar surface area (TPSA) is 95.9 Å². The summed E-state index contributed by atoms with van der Waals surface area (Å²) < 4.78 is 5.48. The molecule has 2 unspecified atom stereocenters. The number of esters is 1. The molecule has 0 spiro atoms. The molecular weight excluding hydrogens is 911 g/mol. The Morgan fingerprint density at radius 3 is 0.959 bits per heavy atom. The Bertz CT molecular complexity index is 1150. The molecule has 0 aliphatic carbocycles. The van der Waals surface area contributed by atoms with Crippen LogP contribution in [0.1, 0.15) is 373 Å². The monoisotopic (exact) mass is 1040 g/mol. The van der Waals surface area contributed by atoms with Crippen LogP contribution in [0.3, 0.4) is 0 Å². The van der Waals surface area contributed by atoms with Crippen molar-refractivity contribution in [2.45, 2.75) is 386 Å². The Hall–Kier alpha value is -1.66. The lowest BCUT2D eigenvalue weighted by Gasteiger charge is -2.22. The summed E-state index contributed by atoms with van der Waals surface area (Å²) in [5.41, 5.74) is 0. The summed E-state index contributed by atoms with van der Waals surface area (Å²) in [6.07, 6.45) is 79.1. The van der Waals surface area contributed by atoms with Crippen molar-refractivity contribution in [3.8, 4) is 0 Å². The minimum absolute atomic E-state index is 0.00250. The van der Waals surface area contributed by atoms with Crippen LogP contribution in [0.25, 0.3) is 0 Å². The molecule has 0 aliphatic heterocycles. The van der Waals surface area contributed by atoms with Gasteiger partial charge in [0.25, 0.3) is 0 Å². The summed E-state index contributed by atoms with van der Waals surface area (Å²) in [6, 6.07) is -0.550. The molecule has 1 amide bonds. The van der Waals surface area contributed by atoms with Crippen molar-refractivity contribution < 1.29 is 24.5 Å². The predicted molar refractivity (Wildman–Crippen MR) is 324 cm³/mol. The molecule has 0 aliphatic rings. The van der Waals surface area contributed by atoms with Crippen molar-refractivity contribution in [1.82, 2.24) is 5.32 Å². The van der Waals surface area contributed by atoms with Crippen molar-refractivity contribution in [1.29, 1.82) is 0 Å². The van der Waals surface area contributed by atoms with Crippen LogP contribution in [0.4, 0.5) is 0 Å². The molecule has 0 rings (SSSR count). The summed E-state index contributed by atoms with van der Waals surface area (Å²) in [5.74, 6) is -0.0434. The molecular formula is C68H131NO5. The van der Waals surface area contributed by atoms with Gasteiger partial charge in [0.15, 0.2) is 0 Å². The van der Waals surface area contributed by atoms with Gasteiger partial charge in [-0.05, 0) is 77.0 Å². The van der Waals surface area contributed by atoms with Crippen LogP contribution >= 0.6 is 0 Å². The van der Waals surface area contributed by atoms with Gasteiger partial charge in [-0.3, -0.25) is 9.59 Å². The summed E-state index contributed by atoms with van der Waals surface area (Å²) in [5, 5.41) is 23.4. The van der Waals surface area contributed by atoms with Gasteiger partial charge in [-0.25, -0.2) is 0 Å². The van der Waals surface area contributed by atoms with E-state index in [2.05, 4.69) is 43.5 Å². The van der Waals surface area contributed by atoms with Crippen molar-refractivity contribution in [2.75, 3.05) is 13.2 Å². The Morgan fingerprint density at radius 1 is 0.365 bits per heavy atom. The summed E-state index contributed by atoms with van der Waals surface area (Å²) in [7, 11) is 0. The number of rotatable bonds is 63. The zero-order chi connectivity index (χ0) is 53.6. The van der Waals surface area contributed by atoms with Crippen LogP contribution in [0, 0.1) is 0 Å². The highest BCUT2D eigenvalue weighted by Gasteiger charge is 2.20. The Balaban J connectivity index is 3.43. The molecule has 2 atom stereocenters. The fourth-order valence-electron chi connectivity index (χ4n) is 10.6. The van der Waals surface area contributed by atoms with E-state index in [9.17, 15) is 19.8 Å². The van der Waals surface area contributed by atoms with Crippen LogP contribution in [-0.2, 0) is 14.3 Å². The normalized spacial score (nSPS) is 12.6. The smallest absolute Gasteiger partial charge is 0.305 e. The van der Waals surface area contributed by atoms with Crippen LogP contribution in [-0.4, -0.2) is 47.4 Å². The number of amides is 1. The number of unbranched alkanes of at least 4 members (excludes halogenated alkanes) is 48. The van der Waals surface area contributed by atoms with Crippen LogP contribution in [0.15, 0.2) is 24.3 Å². The molecule has 0 aromatic carbocycles. The second-order valence-corrected chi connectivity index (χ2v) is 23.1. The molecule has 0 fully saturated rings. The van der Waals surface area contributed by atoms with E-state index in [1.807, 2.05) is 0 Å². The molecule has 0 aromatic heterocycles. The van der Waals surface area contributed by atoms with Crippen molar-refractivity contribution >= 4 is 11.9 Å². The zero-order valence-electron chi connectivity index (χ0n) is 50.1. The van der Waals surface area contributed by atoms with Crippen molar-refractivity contribution in [3.05, 3.63) is 24.3 Å². The van der Waals surface area contributed by atoms with Gasteiger partial charge in [0.05, 0.1) is 25.4 Å². The van der Waals surface area contributed by atoms with Gasteiger partial charge < -0.3 is 20.3 Å². The number of aliphatic hydroxyl groups is 2. The number of aliphatic hydroxyl groups excluding tert-OH is 2. The number of hydrogen-bond acceptors (Lipinski definition) is 5. The van der Waals surface area contributed by atoms with Gasteiger partial charge >= 0.3 is 5.97 Å². The third-order valence-electron chi connectivity index (χ3n) is 15.7. The van der Waals surface area contributed by atoms with E-state index in [0.29, 0.717) is 25.9 Å². The standard InChI is InChI=1S/C68H131NO5/c1-3-5-7-9-11-13-15-17-19-21-22-23-24-26-29-32-36-40-44-48-52-56-60-66(71)65(64-70)69-67(72)61-57-53-49-45-41-37-33-30-27-25-28-31-35-39-43-47-51-55-59-63-74-68(73)62-58-54-50-46-42-38-34-20-18-16-14-12-10-8-6-4-2/h20,25,27,34,65-66,70-71H,3-19,21-24,26,28-33,35-64H2,1-2H3,(H,69,72)/b27-25-,34-20-. The minimum atomic E-state index is -0.672. The van der Waals surface area contributed by atoms with E-state index in [4.69, 9.17) is 4.74 Å². The lowest BCUT2D eigenvalue weighted by atomic mass is 10.0. The second-order valence-electron chi connectivity index (χ2n) is 23.1. The van der Waals surface area contributed by atoms with Crippen molar-refractivity contribution in [2.24, 2.45) is 0 Å². The number of carbonyl (C=O) groups excluding carboxylic acids is 2. The Labute approximate surface area is 462 Å². The highest BCUT2D eigenvalue weighted by molar-refractivity contribution is 5.76. The molecule has 0 bridgehead atoms. The van der Waals surface area contributed by atoms with E-state index in [1.54, 1.807) is 0 Å². The molecule has 0 saturated heterocycles. The number of hydrogen-bond donors (Lipinski definition) is 3. The highest BCUT2D eigenvalue weighted by Crippen LogP contribution is 2.18. The van der Waals surface area contributed by atoms with E-state index in [0.717, 1.165) is 44.9 Å². The van der Waals surface area contributed by atoms with Crippen LogP contribution in [0.2, 0.25) is 0 Å². The van der Waals surface area contributed by atoms with Crippen LogP contribution in [0.5, 0.6) is 0 Å². The van der Waals surface area contributed by atoms with Gasteiger partial charge in [-0.2, -0.15) is 0 Å². The second kappa shape index (κ2) is 63.9. The first-order chi connectivity index (χ1) is 36.5. The highest BCUT2D eigenvalue weighted by atomic mass is 16.5. The van der Waals surface area contributed by atoms with Gasteiger partial charge in [-0.15, -0.1) is 0 Å². The van der Waals surface area contributed by atoms with E-state index < -0.39 is 12.1 Å². The maximum Gasteiger partial charge on any atom is 0.305 e. The van der Waals surface area contributed by atoms with E-state index >= 15 is 0 Å². The average Bonchev–Trinajstić information content (AvgIpc) is 3.40. The Morgan fingerprint density at radius 2 is 0.635 bits per heavy atom.